The zero-order chi connectivity index (χ0) is 14.1. The average molecular weight is 270 g/mol. The summed E-state index contributed by atoms with van der Waals surface area (Å²) in [6.45, 7) is 1.90. The summed E-state index contributed by atoms with van der Waals surface area (Å²) in [6.07, 6.45) is 4.19. The van der Waals surface area contributed by atoms with Crippen LogP contribution in [0.5, 0.6) is 0 Å². The highest BCUT2D eigenvalue weighted by molar-refractivity contribution is 6.03. The molecule has 0 aliphatic heterocycles. The first-order valence-corrected chi connectivity index (χ1v) is 6.95. The van der Waals surface area contributed by atoms with Gasteiger partial charge in [0.1, 0.15) is 11.5 Å². The third-order valence-corrected chi connectivity index (χ3v) is 3.66. The molecule has 1 aliphatic rings. The van der Waals surface area contributed by atoms with Gasteiger partial charge in [-0.05, 0) is 44.7 Å². The van der Waals surface area contributed by atoms with Crippen molar-refractivity contribution in [2.75, 3.05) is 5.32 Å². The Bertz CT molecular complexity index is 660. The minimum absolute atomic E-state index is 0.124. The first-order valence-electron chi connectivity index (χ1n) is 6.95. The molecule has 0 unspecified atom stereocenters. The van der Waals surface area contributed by atoms with E-state index >= 15 is 0 Å². The fraction of sp³-hybridized carbons (Fsp3) is 0.400. The molecule has 20 heavy (non-hydrogen) atoms. The molecule has 2 aromatic heterocycles. The number of aryl methyl sites for hydroxylation is 3. The first kappa shape index (κ1) is 12.8. The van der Waals surface area contributed by atoms with Crippen molar-refractivity contribution < 1.29 is 4.79 Å². The molecule has 0 fully saturated rings. The number of fused-ring (bicyclic) bond motifs is 1. The van der Waals surface area contributed by atoms with Crippen molar-refractivity contribution >= 4 is 11.7 Å². The zero-order valence-electron chi connectivity index (χ0n) is 11.8. The lowest BCUT2D eigenvalue weighted by Gasteiger charge is -2.11. The first-order chi connectivity index (χ1) is 9.65. The Labute approximate surface area is 118 Å². The molecule has 0 saturated heterocycles. The highest BCUT2D eigenvalue weighted by Gasteiger charge is 2.24. The number of anilines is 1. The van der Waals surface area contributed by atoms with Gasteiger partial charge in [-0.3, -0.25) is 9.48 Å². The minimum atomic E-state index is -0.124. The molecule has 0 atom stereocenters. The highest BCUT2D eigenvalue weighted by Crippen LogP contribution is 2.24. The Balaban J connectivity index is 1.89. The Morgan fingerprint density at radius 3 is 2.90 bits per heavy atom. The standard InChI is InChI=1S/C15H18N4O/c1-10-6-5-9-13(16-10)17-15(20)14-11-7-3-4-8-12(11)18-19(14)2/h5-6,9H,3-4,7-8H2,1-2H3,(H,16,17,20). The number of nitrogens with one attached hydrogen (secondary N) is 1. The van der Waals surface area contributed by atoms with Crippen LogP contribution in [-0.2, 0) is 19.9 Å². The van der Waals surface area contributed by atoms with E-state index in [0.29, 0.717) is 11.5 Å². The van der Waals surface area contributed by atoms with Crippen LogP contribution in [0.4, 0.5) is 5.82 Å². The van der Waals surface area contributed by atoms with E-state index < -0.39 is 0 Å². The van der Waals surface area contributed by atoms with Crippen molar-refractivity contribution in [3.8, 4) is 0 Å². The molecule has 1 amide bonds. The van der Waals surface area contributed by atoms with E-state index in [-0.39, 0.29) is 5.91 Å². The molecule has 1 N–H and O–H groups in total. The smallest absolute Gasteiger partial charge is 0.275 e. The highest BCUT2D eigenvalue weighted by atomic mass is 16.2. The van der Waals surface area contributed by atoms with Crippen LogP contribution in [0, 0.1) is 6.92 Å². The van der Waals surface area contributed by atoms with Gasteiger partial charge in [-0.2, -0.15) is 5.10 Å². The maximum absolute atomic E-state index is 12.5. The van der Waals surface area contributed by atoms with Gasteiger partial charge >= 0.3 is 0 Å². The number of rotatable bonds is 2. The molecule has 104 valence electrons. The van der Waals surface area contributed by atoms with Crippen molar-refractivity contribution in [1.29, 1.82) is 0 Å². The van der Waals surface area contributed by atoms with Crippen LogP contribution in [0.3, 0.4) is 0 Å². The second-order valence-corrected chi connectivity index (χ2v) is 5.22. The van der Waals surface area contributed by atoms with E-state index in [1.807, 2.05) is 26.1 Å². The lowest BCUT2D eigenvalue weighted by molar-refractivity contribution is 0.101. The second kappa shape index (κ2) is 5.07. The van der Waals surface area contributed by atoms with Crippen LogP contribution in [0.15, 0.2) is 18.2 Å². The van der Waals surface area contributed by atoms with E-state index in [0.717, 1.165) is 42.6 Å². The van der Waals surface area contributed by atoms with Crippen LogP contribution in [0.2, 0.25) is 0 Å². The number of hydrogen-bond donors (Lipinski definition) is 1. The van der Waals surface area contributed by atoms with Gasteiger partial charge in [0.05, 0.1) is 5.69 Å². The molecule has 3 rings (SSSR count). The van der Waals surface area contributed by atoms with E-state index in [4.69, 9.17) is 0 Å². The molecule has 5 heteroatoms. The Morgan fingerprint density at radius 1 is 1.30 bits per heavy atom. The van der Waals surface area contributed by atoms with Gasteiger partial charge in [-0.1, -0.05) is 6.07 Å². The average Bonchev–Trinajstić information content (AvgIpc) is 2.74. The fourth-order valence-electron chi connectivity index (χ4n) is 2.75. The summed E-state index contributed by atoms with van der Waals surface area (Å²) in [6, 6.07) is 5.59. The summed E-state index contributed by atoms with van der Waals surface area (Å²) in [5.41, 5.74) is 3.72. The Hall–Kier alpha value is -2.17. The Kier molecular flexibility index (Phi) is 3.26. The lowest BCUT2D eigenvalue weighted by atomic mass is 9.95. The van der Waals surface area contributed by atoms with Gasteiger partial charge in [0.15, 0.2) is 0 Å². The quantitative estimate of drug-likeness (QED) is 0.910. The van der Waals surface area contributed by atoms with Crippen molar-refractivity contribution in [1.82, 2.24) is 14.8 Å². The third-order valence-electron chi connectivity index (χ3n) is 3.66. The van der Waals surface area contributed by atoms with Crippen molar-refractivity contribution in [2.45, 2.75) is 32.6 Å². The number of pyridine rings is 1. The summed E-state index contributed by atoms with van der Waals surface area (Å²) >= 11 is 0. The topological polar surface area (TPSA) is 59.8 Å². The Morgan fingerprint density at radius 2 is 2.10 bits per heavy atom. The van der Waals surface area contributed by atoms with Crippen LogP contribution < -0.4 is 5.32 Å². The van der Waals surface area contributed by atoms with Crippen LogP contribution in [0.1, 0.15) is 40.3 Å². The van der Waals surface area contributed by atoms with E-state index in [1.54, 1.807) is 10.7 Å². The fourth-order valence-corrected chi connectivity index (χ4v) is 2.75. The molecule has 0 spiro atoms. The monoisotopic (exact) mass is 270 g/mol. The van der Waals surface area contributed by atoms with Crippen LogP contribution >= 0.6 is 0 Å². The number of amides is 1. The lowest BCUT2D eigenvalue weighted by Crippen LogP contribution is -2.19. The van der Waals surface area contributed by atoms with E-state index in [2.05, 4.69) is 15.4 Å². The summed E-state index contributed by atoms with van der Waals surface area (Å²) in [4.78, 5) is 16.8. The largest absolute Gasteiger partial charge is 0.305 e. The molecule has 0 saturated carbocycles. The second-order valence-electron chi connectivity index (χ2n) is 5.22. The van der Waals surface area contributed by atoms with Crippen molar-refractivity contribution in [3.05, 3.63) is 40.8 Å². The predicted molar refractivity (Wildman–Crippen MR) is 76.8 cm³/mol. The van der Waals surface area contributed by atoms with Crippen LogP contribution in [0.25, 0.3) is 0 Å². The number of aromatic nitrogens is 3. The number of hydrogen-bond acceptors (Lipinski definition) is 3. The van der Waals surface area contributed by atoms with E-state index in [1.165, 1.54) is 0 Å². The molecule has 0 radical (unpaired) electrons. The van der Waals surface area contributed by atoms with Crippen molar-refractivity contribution in [2.24, 2.45) is 7.05 Å². The third kappa shape index (κ3) is 2.31. The van der Waals surface area contributed by atoms with Gasteiger partial charge < -0.3 is 5.32 Å². The number of carbonyl (C=O) groups excluding carboxylic acids is 1. The maximum atomic E-state index is 12.5. The van der Waals surface area contributed by atoms with Gasteiger partial charge in [0, 0.05) is 18.3 Å². The van der Waals surface area contributed by atoms with Crippen LogP contribution in [-0.4, -0.2) is 20.7 Å². The summed E-state index contributed by atoms with van der Waals surface area (Å²) in [5.74, 6) is 0.460. The van der Waals surface area contributed by atoms with Gasteiger partial charge in [-0.25, -0.2) is 4.98 Å². The molecule has 1 aliphatic carbocycles. The SMILES string of the molecule is Cc1cccc(NC(=O)c2c3c(nn2C)CCCC3)n1. The summed E-state index contributed by atoms with van der Waals surface area (Å²) < 4.78 is 1.70. The molecule has 0 aromatic carbocycles. The van der Waals surface area contributed by atoms with Gasteiger partial charge in [0.2, 0.25) is 0 Å². The normalized spacial score (nSPS) is 13.9. The molecule has 2 aromatic rings. The zero-order valence-corrected chi connectivity index (χ0v) is 11.8. The molecule has 5 nitrogen and oxygen atoms in total. The number of nitrogens with zero attached hydrogens (tertiary/aromatic N) is 3. The number of carbonyl (C=O) groups is 1. The molecule has 2 heterocycles. The van der Waals surface area contributed by atoms with Gasteiger partial charge in [0.25, 0.3) is 5.91 Å². The molecule has 0 bridgehead atoms. The maximum Gasteiger partial charge on any atom is 0.275 e. The molecular weight excluding hydrogens is 252 g/mol. The summed E-state index contributed by atoms with van der Waals surface area (Å²) in [7, 11) is 1.83. The van der Waals surface area contributed by atoms with Crippen molar-refractivity contribution in [3.63, 3.8) is 0 Å². The minimum Gasteiger partial charge on any atom is -0.305 e. The van der Waals surface area contributed by atoms with Gasteiger partial charge in [-0.15, -0.1) is 0 Å². The molecular formula is C15H18N4O. The summed E-state index contributed by atoms with van der Waals surface area (Å²) in [5, 5.41) is 7.33. The predicted octanol–water partition coefficient (Wildman–Crippen LogP) is 2.25. The van der Waals surface area contributed by atoms with E-state index in [9.17, 15) is 4.79 Å².